The molecule has 19 heavy (non-hydrogen) atoms. The Bertz CT molecular complexity index is 585. The fourth-order valence-corrected chi connectivity index (χ4v) is 2.06. The van der Waals surface area contributed by atoms with E-state index in [1.807, 2.05) is 38.1 Å². The summed E-state index contributed by atoms with van der Waals surface area (Å²) in [6, 6.07) is 12.6. The lowest BCUT2D eigenvalue weighted by molar-refractivity contribution is 0.0950. The Morgan fingerprint density at radius 3 is 2.42 bits per heavy atom. The molecular formula is C16H17NO2. The molecule has 2 aromatic rings. The van der Waals surface area contributed by atoms with Crippen LogP contribution >= 0.6 is 0 Å². The van der Waals surface area contributed by atoms with Gasteiger partial charge in [0.15, 0.2) is 0 Å². The van der Waals surface area contributed by atoms with Crippen molar-refractivity contribution in [1.29, 1.82) is 0 Å². The van der Waals surface area contributed by atoms with E-state index in [-0.39, 0.29) is 11.7 Å². The van der Waals surface area contributed by atoms with Crippen LogP contribution in [-0.4, -0.2) is 11.0 Å². The van der Waals surface area contributed by atoms with Crippen molar-refractivity contribution in [3.05, 3.63) is 64.7 Å². The van der Waals surface area contributed by atoms with Crippen LogP contribution in [0.4, 0.5) is 0 Å². The van der Waals surface area contributed by atoms with Gasteiger partial charge in [-0.15, -0.1) is 0 Å². The molecule has 0 aliphatic carbocycles. The lowest BCUT2D eigenvalue weighted by atomic mass is 10.1. The normalized spacial score (nSPS) is 10.2. The minimum absolute atomic E-state index is 0.102. The van der Waals surface area contributed by atoms with Crippen LogP contribution in [0.5, 0.6) is 5.75 Å². The quantitative estimate of drug-likeness (QED) is 0.886. The second kappa shape index (κ2) is 5.57. The van der Waals surface area contributed by atoms with Gasteiger partial charge in [0.25, 0.3) is 5.91 Å². The van der Waals surface area contributed by atoms with Crippen molar-refractivity contribution in [3.63, 3.8) is 0 Å². The molecule has 0 aromatic heterocycles. The maximum Gasteiger partial charge on any atom is 0.251 e. The highest BCUT2D eigenvalue weighted by Crippen LogP contribution is 2.12. The molecule has 0 saturated heterocycles. The Morgan fingerprint density at radius 1 is 1.11 bits per heavy atom. The topological polar surface area (TPSA) is 49.3 Å². The van der Waals surface area contributed by atoms with Gasteiger partial charge in [-0.25, -0.2) is 0 Å². The average molecular weight is 255 g/mol. The number of phenolic OH excluding ortho intramolecular Hbond substituents is 1. The summed E-state index contributed by atoms with van der Waals surface area (Å²) in [7, 11) is 0. The van der Waals surface area contributed by atoms with E-state index >= 15 is 0 Å². The first-order valence-corrected chi connectivity index (χ1v) is 6.19. The zero-order chi connectivity index (χ0) is 13.8. The predicted octanol–water partition coefficient (Wildman–Crippen LogP) is 2.94. The minimum Gasteiger partial charge on any atom is -0.508 e. The summed E-state index contributed by atoms with van der Waals surface area (Å²) in [6.07, 6.45) is 0. The number of aryl methyl sites for hydroxylation is 2. The van der Waals surface area contributed by atoms with Crippen LogP contribution in [0.3, 0.4) is 0 Å². The number of hydrogen-bond donors (Lipinski definition) is 2. The maximum atomic E-state index is 12.0. The second-order valence-electron chi connectivity index (χ2n) is 4.73. The van der Waals surface area contributed by atoms with E-state index < -0.39 is 0 Å². The molecule has 3 nitrogen and oxygen atoms in total. The van der Waals surface area contributed by atoms with Crippen molar-refractivity contribution < 1.29 is 9.90 Å². The van der Waals surface area contributed by atoms with E-state index in [4.69, 9.17) is 0 Å². The maximum absolute atomic E-state index is 12.0. The molecule has 98 valence electrons. The van der Waals surface area contributed by atoms with Crippen LogP contribution in [0.25, 0.3) is 0 Å². The zero-order valence-corrected chi connectivity index (χ0v) is 11.1. The van der Waals surface area contributed by atoms with Crippen LogP contribution in [0.15, 0.2) is 42.5 Å². The Balaban J connectivity index is 2.05. The largest absolute Gasteiger partial charge is 0.508 e. The number of carbonyl (C=O) groups is 1. The molecule has 0 aliphatic heterocycles. The number of carbonyl (C=O) groups excluding carboxylic acids is 1. The SMILES string of the molecule is Cc1cc(C)cc(C(=O)NCc2cccc(O)c2)c1. The molecular weight excluding hydrogens is 238 g/mol. The summed E-state index contributed by atoms with van der Waals surface area (Å²) in [5, 5.41) is 12.2. The van der Waals surface area contributed by atoms with Crippen LogP contribution in [0.2, 0.25) is 0 Å². The number of phenols is 1. The van der Waals surface area contributed by atoms with Crippen LogP contribution in [0.1, 0.15) is 27.0 Å². The second-order valence-corrected chi connectivity index (χ2v) is 4.73. The highest BCUT2D eigenvalue weighted by Gasteiger charge is 2.06. The minimum atomic E-state index is -0.102. The van der Waals surface area contributed by atoms with Gasteiger partial charge in [0, 0.05) is 12.1 Å². The third-order valence-electron chi connectivity index (χ3n) is 2.85. The molecule has 0 fully saturated rings. The Morgan fingerprint density at radius 2 is 1.79 bits per heavy atom. The van der Waals surface area contributed by atoms with Crippen molar-refractivity contribution >= 4 is 5.91 Å². The van der Waals surface area contributed by atoms with Crippen molar-refractivity contribution in [2.75, 3.05) is 0 Å². The van der Waals surface area contributed by atoms with E-state index in [0.717, 1.165) is 16.7 Å². The van der Waals surface area contributed by atoms with E-state index in [0.29, 0.717) is 12.1 Å². The van der Waals surface area contributed by atoms with Gasteiger partial charge in [-0.05, 0) is 43.7 Å². The molecule has 0 atom stereocenters. The van der Waals surface area contributed by atoms with Crippen molar-refractivity contribution in [2.24, 2.45) is 0 Å². The summed E-state index contributed by atoms with van der Waals surface area (Å²) in [6.45, 7) is 4.35. The molecule has 0 aliphatic rings. The van der Waals surface area contributed by atoms with Crippen molar-refractivity contribution in [1.82, 2.24) is 5.32 Å². The van der Waals surface area contributed by atoms with Gasteiger partial charge in [-0.1, -0.05) is 29.3 Å². The van der Waals surface area contributed by atoms with E-state index in [1.54, 1.807) is 18.2 Å². The molecule has 0 bridgehead atoms. The Labute approximate surface area is 112 Å². The van der Waals surface area contributed by atoms with Gasteiger partial charge in [0.05, 0.1) is 0 Å². The fourth-order valence-electron chi connectivity index (χ4n) is 2.06. The smallest absolute Gasteiger partial charge is 0.251 e. The van der Waals surface area contributed by atoms with E-state index in [1.165, 1.54) is 0 Å². The van der Waals surface area contributed by atoms with Gasteiger partial charge in [-0.2, -0.15) is 0 Å². The predicted molar refractivity (Wildman–Crippen MR) is 75.2 cm³/mol. The first-order chi connectivity index (χ1) is 9.04. The highest BCUT2D eigenvalue weighted by atomic mass is 16.3. The summed E-state index contributed by atoms with van der Waals surface area (Å²) in [5.41, 5.74) is 3.68. The average Bonchev–Trinajstić information content (AvgIpc) is 2.35. The van der Waals surface area contributed by atoms with E-state index in [9.17, 15) is 9.90 Å². The summed E-state index contributed by atoms with van der Waals surface area (Å²) in [5.74, 6) is 0.105. The monoisotopic (exact) mass is 255 g/mol. The zero-order valence-electron chi connectivity index (χ0n) is 11.1. The molecule has 0 saturated carbocycles. The van der Waals surface area contributed by atoms with Crippen LogP contribution < -0.4 is 5.32 Å². The first kappa shape index (κ1) is 13.1. The lowest BCUT2D eigenvalue weighted by Gasteiger charge is -2.07. The molecule has 2 rings (SSSR count). The number of benzene rings is 2. The van der Waals surface area contributed by atoms with Crippen molar-refractivity contribution in [3.8, 4) is 5.75 Å². The highest BCUT2D eigenvalue weighted by molar-refractivity contribution is 5.94. The molecule has 2 aromatic carbocycles. The standard InChI is InChI=1S/C16H17NO2/c1-11-6-12(2)8-14(7-11)16(19)17-10-13-4-3-5-15(18)9-13/h3-9,18H,10H2,1-2H3,(H,17,19). The summed E-state index contributed by atoms with van der Waals surface area (Å²) in [4.78, 5) is 12.0. The van der Waals surface area contributed by atoms with Crippen LogP contribution in [-0.2, 0) is 6.54 Å². The molecule has 0 heterocycles. The number of hydrogen-bond acceptors (Lipinski definition) is 2. The molecule has 0 spiro atoms. The van der Waals surface area contributed by atoms with Crippen molar-refractivity contribution in [2.45, 2.75) is 20.4 Å². The van der Waals surface area contributed by atoms with Gasteiger partial charge in [-0.3, -0.25) is 4.79 Å². The molecule has 2 N–H and O–H groups in total. The molecule has 3 heteroatoms. The Hall–Kier alpha value is -2.29. The lowest BCUT2D eigenvalue weighted by Crippen LogP contribution is -2.22. The molecule has 0 unspecified atom stereocenters. The van der Waals surface area contributed by atoms with Gasteiger partial charge in [0.1, 0.15) is 5.75 Å². The third-order valence-corrected chi connectivity index (χ3v) is 2.85. The molecule has 0 radical (unpaired) electrons. The van der Waals surface area contributed by atoms with Crippen LogP contribution in [0, 0.1) is 13.8 Å². The first-order valence-electron chi connectivity index (χ1n) is 6.19. The number of rotatable bonds is 3. The fraction of sp³-hybridized carbons (Fsp3) is 0.188. The van der Waals surface area contributed by atoms with Gasteiger partial charge >= 0.3 is 0 Å². The Kier molecular flexibility index (Phi) is 3.85. The number of nitrogens with one attached hydrogen (secondary N) is 1. The summed E-state index contributed by atoms with van der Waals surface area (Å²) < 4.78 is 0. The molecule has 1 amide bonds. The van der Waals surface area contributed by atoms with E-state index in [2.05, 4.69) is 5.32 Å². The van der Waals surface area contributed by atoms with Gasteiger partial charge < -0.3 is 10.4 Å². The van der Waals surface area contributed by atoms with Gasteiger partial charge in [0.2, 0.25) is 0 Å². The number of amides is 1. The third kappa shape index (κ3) is 3.58. The summed E-state index contributed by atoms with van der Waals surface area (Å²) >= 11 is 0. The number of aromatic hydroxyl groups is 1.